The molecule has 0 aromatic heterocycles. The first-order valence-electron chi connectivity index (χ1n) is 7.05. The Labute approximate surface area is 106 Å². The fraction of sp³-hybridized carbons (Fsp3) is 0.929. The molecule has 3 nitrogen and oxygen atoms in total. The minimum atomic E-state index is 0.0169. The molecule has 3 heteroatoms. The molecule has 0 spiro atoms. The second-order valence-corrected chi connectivity index (χ2v) is 5.99. The molecule has 1 fully saturated rings. The summed E-state index contributed by atoms with van der Waals surface area (Å²) in [5.41, 5.74) is 0. The van der Waals surface area contributed by atoms with E-state index in [0.717, 1.165) is 19.4 Å². The Hall–Kier alpha value is -0.730. The van der Waals surface area contributed by atoms with E-state index < -0.39 is 0 Å². The summed E-state index contributed by atoms with van der Waals surface area (Å²) in [6.07, 6.45) is 4.80. The first-order chi connectivity index (χ1) is 8.00. The minimum absolute atomic E-state index is 0.0169. The molecule has 1 aliphatic carbocycles. The van der Waals surface area contributed by atoms with Gasteiger partial charge in [0.05, 0.1) is 0 Å². The van der Waals surface area contributed by atoms with Crippen LogP contribution in [0.5, 0.6) is 0 Å². The summed E-state index contributed by atoms with van der Waals surface area (Å²) >= 11 is 0. The Morgan fingerprint density at radius 2 is 1.65 bits per heavy atom. The Kier molecular flexibility index (Phi) is 5.79. The topological polar surface area (TPSA) is 41.1 Å². The number of amides is 2. The lowest BCUT2D eigenvalue weighted by atomic mass is 9.85. The van der Waals surface area contributed by atoms with Crippen LogP contribution in [0.25, 0.3) is 0 Å². The van der Waals surface area contributed by atoms with E-state index in [0.29, 0.717) is 23.8 Å². The third kappa shape index (κ3) is 4.97. The van der Waals surface area contributed by atoms with Gasteiger partial charge >= 0.3 is 6.03 Å². The van der Waals surface area contributed by atoms with Crippen LogP contribution in [-0.4, -0.2) is 18.6 Å². The zero-order valence-electron chi connectivity index (χ0n) is 11.8. The number of hydrogen-bond donors (Lipinski definition) is 2. The molecule has 0 aliphatic heterocycles. The summed E-state index contributed by atoms with van der Waals surface area (Å²) in [5.74, 6) is 1.79. The molecule has 1 saturated carbocycles. The van der Waals surface area contributed by atoms with Gasteiger partial charge in [-0.05, 0) is 30.6 Å². The van der Waals surface area contributed by atoms with Gasteiger partial charge in [0.2, 0.25) is 0 Å². The van der Waals surface area contributed by atoms with Gasteiger partial charge in [-0.15, -0.1) is 0 Å². The van der Waals surface area contributed by atoms with Crippen molar-refractivity contribution in [3.05, 3.63) is 0 Å². The largest absolute Gasteiger partial charge is 0.338 e. The summed E-state index contributed by atoms with van der Waals surface area (Å²) in [6, 6.07) is 0.426. The van der Waals surface area contributed by atoms with E-state index in [-0.39, 0.29) is 6.03 Å². The van der Waals surface area contributed by atoms with Crippen LogP contribution in [0.2, 0.25) is 0 Å². The van der Waals surface area contributed by atoms with Crippen molar-refractivity contribution in [2.24, 2.45) is 17.8 Å². The summed E-state index contributed by atoms with van der Waals surface area (Å²) in [4.78, 5) is 11.7. The number of rotatable bonds is 5. The van der Waals surface area contributed by atoms with Gasteiger partial charge in [-0.2, -0.15) is 0 Å². The lowest BCUT2D eigenvalue weighted by Crippen LogP contribution is -2.43. The summed E-state index contributed by atoms with van der Waals surface area (Å²) < 4.78 is 0. The molecular formula is C14H28N2O. The van der Waals surface area contributed by atoms with Gasteiger partial charge in [0, 0.05) is 12.6 Å². The highest BCUT2D eigenvalue weighted by Gasteiger charge is 2.20. The third-order valence-corrected chi connectivity index (χ3v) is 3.90. The lowest BCUT2D eigenvalue weighted by Gasteiger charge is -2.25. The van der Waals surface area contributed by atoms with Crippen molar-refractivity contribution >= 4 is 6.03 Å². The highest BCUT2D eigenvalue weighted by atomic mass is 16.2. The highest BCUT2D eigenvalue weighted by Crippen LogP contribution is 2.20. The molecule has 0 aromatic carbocycles. The normalized spacial score (nSPS) is 17.1. The summed E-state index contributed by atoms with van der Waals surface area (Å²) in [5, 5.41) is 6.08. The number of carbonyl (C=O) groups excluding carboxylic acids is 1. The van der Waals surface area contributed by atoms with Crippen molar-refractivity contribution in [3.8, 4) is 0 Å². The second-order valence-electron chi connectivity index (χ2n) is 5.99. The number of urea groups is 1. The fourth-order valence-corrected chi connectivity index (χ4v) is 2.76. The molecule has 100 valence electrons. The molecule has 0 heterocycles. The van der Waals surface area contributed by atoms with Crippen LogP contribution in [0.3, 0.4) is 0 Å². The van der Waals surface area contributed by atoms with E-state index in [2.05, 4.69) is 38.3 Å². The monoisotopic (exact) mass is 240 g/mol. The SMILES string of the molecule is CC(C)C(CNC(=O)NC1CCCC1)C(C)C. The second kappa shape index (κ2) is 6.87. The lowest BCUT2D eigenvalue weighted by molar-refractivity contribution is 0.226. The van der Waals surface area contributed by atoms with Gasteiger partial charge in [-0.3, -0.25) is 0 Å². The maximum absolute atomic E-state index is 11.7. The highest BCUT2D eigenvalue weighted by molar-refractivity contribution is 5.74. The van der Waals surface area contributed by atoms with Crippen LogP contribution >= 0.6 is 0 Å². The smallest absolute Gasteiger partial charge is 0.315 e. The maximum atomic E-state index is 11.7. The summed E-state index contributed by atoms with van der Waals surface area (Å²) in [6.45, 7) is 9.68. The average Bonchev–Trinajstić information content (AvgIpc) is 2.69. The van der Waals surface area contributed by atoms with E-state index >= 15 is 0 Å². The van der Waals surface area contributed by atoms with Gasteiger partial charge in [0.1, 0.15) is 0 Å². The van der Waals surface area contributed by atoms with Gasteiger partial charge in [0.25, 0.3) is 0 Å². The van der Waals surface area contributed by atoms with Crippen molar-refractivity contribution in [2.45, 2.75) is 59.4 Å². The van der Waals surface area contributed by atoms with E-state index in [1.54, 1.807) is 0 Å². The third-order valence-electron chi connectivity index (χ3n) is 3.90. The van der Waals surface area contributed by atoms with Crippen LogP contribution in [0.4, 0.5) is 4.79 Å². The van der Waals surface area contributed by atoms with E-state index in [4.69, 9.17) is 0 Å². The van der Waals surface area contributed by atoms with E-state index in [1.165, 1.54) is 12.8 Å². The molecule has 2 amide bonds. The van der Waals surface area contributed by atoms with Gasteiger partial charge in [-0.1, -0.05) is 40.5 Å². The molecule has 0 aromatic rings. The first-order valence-corrected chi connectivity index (χ1v) is 7.05. The molecule has 2 N–H and O–H groups in total. The van der Waals surface area contributed by atoms with Crippen molar-refractivity contribution in [2.75, 3.05) is 6.54 Å². The van der Waals surface area contributed by atoms with Crippen molar-refractivity contribution in [3.63, 3.8) is 0 Å². The van der Waals surface area contributed by atoms with E-state index in [9.17, 15) is 4.79 Å². The van der Waals surface area contributed by atoms with E-state index in [1.807, 2.05) is 0 Å². The fourth-order valence-electron chi connectivity index (χ4n) is 2.76. The summed E-state index contributed by atoms with van der Waals surface area (Å²) in [7, 11) is 0. The molecule has 0 atom stereocenters. The predicted molar refractivity (Wildman–Crippen MR) is 72.0 cm³/mol. The Morgan fingerprint density at radius 3 is 2.12 bits per heavy atom. The Bertz CT molecular complexity index is 224. The number of carbonyl (C=O) groups is 1. The Morgan fingerprint density at radius 1 is 1.12 bits per heavy atom. The van der Waals surface area contributed by atoms with Crippen LogP contribution in [0.1, 0.15) is 53.4 Å². The zero-order chi connectivity index (χ0) is 12.8. The van der Waals surface area contributed by atoms with Gasteiger partial charge in [0.15, 0.2) is 0 Å². The molecule has 1 aliphatic rings. The van der Waals surface area contributed by atoms with Crippen molar-refractivity contribution < 1.29 is 4.79 Å². The Balaban J connectivity index is 2.25. The first kappa shape index (κ1) is 14.3. The van der Waals surface area contributed by atoms with Crippen molar-refractivity contribution in [1.29, 1.82) is 0 Å². The molecule has 0 radical (unpaired) electrons. The van der Waals surface area contributed by atoms with Gasteiger partial charge in [-0.25, -0.2) is 4.79 Å². The molecule has 17 heavy (non-hydrogen) atoms. The number of hydrogen-bond acceptors (Lipinski definition) is 1. The number of nitrogens with one attached hydrogen (secondary N) is 2. The molecule has 0 saturated heterocycles. The molecule has 1 rings (SSSR count). The van der Waals surface area contributed by atoms with Gasteiger partial charge < -0.3 is 10.6 Å². The van der Waals surface area contributed by atoms with Crippen molar-refractivity contribution in [1.82, 2.24) is 10.6 Å². The predicted octanol–water partition coefficient (Wildman–Crippen LogP) is 3.16. The standard InChI is InChI=1S/C14H28N2O/c1-10(2)13(11(3)4)9-15-14(17)16-12-7-5-6-8-12/h10-13H,5-9H2,1-4H3,(H2,15,16,17). The molecule has 0 bridgehead atoms. The quantitative estimate of drug-likeness (QED) is 0.761. The average molecular weight is 240 g/mol. The molecule has 0 unspecified atom stereocenters. The molecular weight excluding hydrogens is 212 g/mol. The minimum Gasteiger partial charge on any atom is -0.338 e. The van der Waals surface area contributed by atoms with Crippen LogP contribution in [-0.2, 0) is 0 Å². The van der Waals surface area contributed by atoms with Crippen LogP contribution < -0.4 is 10.6 Å². The van der Waals surface area contributed by atoms with Crippen LogP contribution in [0.15, 0.2) is 0 Å². The zero-order valence-corrected chi connectivity index (χ0v) is 11.8. The van der Waals surface area contributed by atoms with Crippen LogP contribution in [0, 0.1) is 17.8 Å². The maximum Gasteiger partial charge on any atom is 0.315 e.